The average Bonchev–Trinajstić information content (AvgIpc) is 2.49. The Hall–Kier alpha value is -1.37. The molecule has 3 rings (SSSR count). The first-order valence-corrected chi connectivity index (χ1v) is 6.31. The van der Waals surface area contributed by atoms with Gasteiger partial charge in [-0.2, -0.15) is 0 Å². The van der Waals surface area contributed by atoms with E-state index < -0.39 is 0 Å². The second-order valence-electron chi connectivity index (χ2n) is 4.49. The molecule has 3 nitrogen and oxygen atoms in total. The second kappa shape index (κ2) is 7.07. The zero-order valence-corrected chi connectivity index (χ0v) is 16.0. The first kappa shape index (κ1) is 16.0. The van der Waals surface area contributed by atoms with Crippen molar-refractivity contribution >= 4 is 22.9 Å². The van der Waals surface area contributed by atoms with Crippen molar-refractivity contribution in [2.45, 2.75) is 0 Å². The van der Waals surface area contributed by atoms with E-state index in [1.165, 1.54) is 0 Å². The molecule has 0 bridgehead atoms. The van der Waals surface area contributed by atoms with E-state index in [0.717, 1.165) is 21.9 Å². The Balaban J connectivity index is 0.00000161. The van der Waals surface area contributed by atoms with Crippen molar-refractivity contribution in [2.75, 3.05) is 5.32 Å². The van der Waals surface area contributed by atoms with Crippen LogP contribution in [0.2, 0.25) is 0 Å². The molecule has 0 unspecified atom stereocenters. The minimum Gasteiger partial charge on any atom is -0.507 e. The number of fused-ring (bicyclic) bond motifs is 1. The minimum atomic E-state index is 0. The molecule has 0 saturated heterocycles. The minimum absolute atomic E-state index is 0. The Morgan fingerprint density at radius 1 is 0.905 bits per heavy atom. The molecule has 21 heavy (non-hydrogen) atoms. The van der Waals surface area contributed by atoms with Gasteiger partial charge in [-0.3, -0.25) is 4.79 Å². The Morgan fingerprint density at radius 2 is 1.52 bits per heavy atom. The maximum Gasteiger partial charge on any atom is 0.211 e. The smallest absolute Gasteiger partial charge is 0.211 e. The number of rotatable bonds is 3. The third-order valence-corrected chi connectivity index (χ3v) is 3.30. The molecule has 3 aromatic rings. The number of hydrogen-bond acceptors (Lipinski definition) is 2. The summed E-state index contributed by atoms with van der Waals surface area (Å²) in [6.45, 7) is 0. The quantitative estimate of drug-likeness (QED) is 0.550. The van der Waals surface area contributed by atoms with Crippen molar-refractivity contribution < 1.29 is 54.0 Å². The predicted molar refractivity (Wildman–Crippen MR) is 80.7 cm³/mol. The summed E-state index contributed by atoms with van der Waals surface area (Å²) in [4.78, 5) is 10.8. The van der Waals surface area contributed by atoms with Crippen molar-refractivity contribution in [3.8, 4) is 16.9 Å². The molecule has 3 aromatic carbocycles. The summed E-state index contributed by atoms with van der Waals surface area (Å²) in [6.07, 6.45) is 0.621. The van der Waals surface area contributed by atoms with E-state index in [1.807, 2.05) is 54.6 Å². The van der Waals surface area contributed by atoms with Crippen LogP contribution < -0.4 is 5.32 Å². The monoisotopic (exact) mass is 490 g/mol. The Bertz CT molecular complexity index is 772. The van der Waals surface area contributed by atoms with Gasteiger partial charge in [-0.25, -0.2) is 0 Å². The zero-order valence-electron chi connectivity index (χ0n) is 11.3. The molecule has 0 fully saturated rings. The van der Waals surface area contributed by atoms with Crippen LogP contribution in [0.5, 0.6) is 5.75 Å². The normalized spacial score (nSPS) is 9.90. The van der Waals surface area contributed by atoms with Crippen LogP contribution in [0.1, 0.15) is 0 Å². The summed E-state index contributed by atoms with van der Waals surface area (Å²) in [6, 6.07) is 19.0. The first-order chi connectivity index (χ1) is 9.81. The molecule has 4 heteroatoms. The van der Waals surface area contributed by atoms with Crippen LogP contribution in [0.15, 0.2) is 60.7 Å². The second-order valence-corrected chi connectivity index (χ2v) is 4.49. The predicted octanol–water partition coefficient (Wildman–Crippen LogP) is 3.78. The number of phenolic OH excluding ortho intramolecular Hbond substituents is 1. The number of anilines is 1. The van der Waals surface area contributed by atoms with E-state index in [2.05, 4.69) is 5.32 Å². The van der Waals surface area contributed by atoms with Gasteiger partial charge >= 0.3 is 0 Å². The van der Waals surface area contributed by atoms with Gasteiger partial charge in [-0.05, 0) is 10.9 Å². The molecule has 2 N–H and O–H groups in total. The van der Waals surface area contributed by atoms with Crippen LogP contribution in [0, 0.1) is 44.1 Å². The van der Waals surface area contributed by atoms with Gasteiger partial charge in [0, 0.05) is 61.1 Å². The summed E-state index contributed by atoms with van der Waals surface area (Å²) < 4.78 is 0. The number of aromatic hydroxyl groups is 1. The van der Waals surface area contributed by atoms with Gasteiger partial charge in [0.2, 0.25) is 6.41 Å². The third-order valence-electron chi connectivity index (χ3n) is 3.30. The summed E-state index contributed by atoms with van der Waals surface area (Å²) in [5.41, 5.74) is 2.50. The molecule has 0 aliphatic heterocycles. The van der Waals surface area contributed by atoms with E-state index >= 15 is 0 Å². The van der Waals surface area contributed by atoms with E-state index in [1.54, 1.807) is 6.07 Å². The Kier molecular flexibility index (Phi) is 5.39. The largest absolute Gasteiger partial charge is 0.507 e. The number of carbonyl (C=O) groups is 1. The van der Waals surface area contributed by atoms with Crippen molar-refractivity contribution in [3.63, 3.8) is 0 Å². The molecule has 0 aromatic heterocycles. The Labute approximate surface area is 158 Å². The first-order valence-electron chi connectivity index (χ1n) is 6.31. The van der Waals surface area contributed by atoms with E-state index in [9.17, 15) is 9.90 Å². The fraction of sp³-hybridized carbons (Fsp3) is 0. The molecule has 0 spiro atoms. The van der Waals surface area contributed by atoms with Gasteiger partial charge in [0.15, 0.2) is 0 Å². The average molecular weight is 490 g/mol. The van der Waals surface area contributed by atoms with Crippen LogP contribution in [0.3, 0.4) is 0 Å². The number of hydrogen-bond donors (Lipinski definition) is 2. The molecular formula is C17H13AcNO2. The van der Waals surface area contributed by atoms with Crippen LogP contribution in [-0.2, 0) is 4.79 Å². The van der Waals surface area contributed by atoms with Crippen LogP contribution in [0.4, 0.5) is 5.69 Å². The number of carbonyl (C=O) groups excluding carboxylic acids is 1. The fourth-order valence-electron chi connectivity index (χ4n) is 2.45. The van der Waals surface area contributed by atoms with Crippen molar-refractivity contribution in [1.82, 2.24) is 0 Å². The molecule has 0 atom stereocenters. The summed E-state index contributed by atoms with van der Waals surface area (Å²) >= 11 is 0. The molecule has 101 valence electrons. The molecular weight excluding hydrogens is 477 g/mol. The standard InChI is InChI=1S/C17H13NO2.Ac/c19-11-18-15-10-16(20)13-8-4-5-9-14(13)17(15)12-6-2-1-3-7-12;/h1-11,20H,(H,18,19);. The topological polar surface area (TPSA) is 49.3 Å². The summed E-state index contributed by atoms with van der Waals surface area (Å²) in [5, 5.41) is 14.4. The van der Waals surface area contributed by atoms with Gasteiger partial charge in [0.1, 0.15) is 5.75 Å². The van der Waals surface area contributed by atoms with Crippen molar-refractivity contribution in [1.29, 1.82) is 0 Å². The van der Waals surface area contributed by atoms with Crippen molar-refractivity contribution in [3.05, 3.63) is 60.7 Å². The number of nitrogens with one attached hydrogen (secondary N) is 1. The van der Waals surface area contributed by atoms with Gasteiger partial charge in [0.05, 0.1) is 5.69 Å². The fourth-order valence-corrected chi connectivity index (χ4v) is 2.45. The van der Waals surface area contributed by atoms with Gasteiger partial charge in [0.25, 0.3) is 0 Å². The van der Waals surface area contributed by atoms with Crippen LogP contribution >= 0.6 is 0 Å². The maximum absolute atomic E-state index is 10.8. The van der Waals surface area contributed by atoms with E-state index in [-0.39, 0.29) is 49.8 Å². The van der Waals surface area contributed by atoms with E-state index in [4.69, 9.17) is 0 Å². The van der Waals surface area contributed by atoms with Gasteiger partial charge < -0.3 is 10.4 Å². The molecule has 0 aliphatic carbocycles. The molecule has 1 amide bonds. The Morgan fingerprint density at radius 3 is 2.19 bits per heavy atom. The molecule has 0 saturated carbocycles. The van der Waals surface area contributed by atoms with Crippen LogP contribution in [0.25, 0.3) is 21.9 Å². The van der Waals surface area contributed by atoms with Crippen LogP contribution in [-0.4, -0.2) is 11.5 Å². The van der Waals surface area contributed by atoms with Gasteiger partial charge in [-0.1, -0.05) is 54.6 Å². The maximum atomic E-state index is 10.8. The number of amides is 1. The number of phenols is 1. The third kappa shape index (κ3) is 3.12. The molecule has 0 aliphatic rings. The molecule has 0 heterocycles. The molecule has 1 radical (unpaired) electrons. The van der Waals surface area contributed by atoms with E-state index in [0.29, 0.717) is 12.1 Å². The zero-order chi connectivity index (χ0) is 13.9. The van der Waals surface area contributed by atoms with Crippen molar-refractivity contribution in [2.24, 2.45) is 0 Å². The summed E-state index contributed by atoms with van der Waals surface area (Å²) in [7, 11) is 0. The summed E-state index contributed by atoms with van der Waals surface area (Å²) in [5.74, 6) is 0.157. The van der Waals surface area contributed by atoms with Gasteiger partial charge in [-0.15, -0.1) is 0 Å². The SMILES string of the molecule is O=CNc1cc(O)c2ccccc2c1-c1ccccc1.[Ac]. The number of benzene rings is 3.